The Morgan fingerprint density at radius 3 is 2.27 bits per heavy atom. The third-order valence-electron chi connectivity index (χ3n) is 7.11. The number of carbonyl (C=O) groups is 3. The number of nitrogens with one attached hydrogen (secondary N) is 1. The number of aliphatic carboxylic acids is 1. The van der Waals surface area contributed by atoms with Crippen LogP contribution in [0.2, 0.25) is 0 Å². The molecule has 33 heavy (non-hydrogen) atoms. The van der Waals surface area contributed by atoms with Gasteiger partial charge in [-0.05, 0) is 47.9 Å². The lowest BCUT2D eigenvalue weighted by Crippen LogP contribution is -2.45. The van der Waals surface area contributed by atoms with E-state index in [9.17, 15) is 19.5 Å². The Kier molecular flexibility index (Phi) is 6.67. The molecule has 1 saturated carbocycles. The fraction of sp³-hybridized carbons (Fsp3) is 0.423. The molecule has 2 N–H and O–H groups in total. The predicted molar refractivity (Wildman–Crippen MR) is 124 cm³/mol. The zero-order valence-electron chi connectivity index (χ0n) is 19.0. The molecule has 7 heteroatoms. The average Bonchev–Trinajstić information content (AvgIpc) is 3.42. The molecule has 174 valence electrons. The number of carboxylic acid groups (broad SMARTS) is 1. The van der Waals surface area contributed by atoms with Crippen LogP contribution in [0.4, 0.5) is 4.79 Å². The Bertz CT molecular complexity index is 1010. The molecule has 2 aliphatic carbocycles. The second-order valence-corrected chi connectivity index (χ2v) is 8.97. The molecule has 0 radical (unpaired) electrons. The van der Waals surface area contributed by atoms with Gasteiger partial charge >= 0.3 is 12.1 Å². The van der Waals surface area contributed by atoms with Crippen molar-refractivity contribution in [1.29, 1.82) is 0 Å². The number of fused-ring (bicyclic) bond motifs is 3. The van der Waals surface area contributed by atoms with Crippen molar-refractivity contribution < 1.29 is 24.2 Å². The maximum atomic E-state index is 12.8. The normalized spacial score (nSPS) is 19.9. The number of amides is 2. The summed E-state index contributed by atoms with van der Waals surface area (Å²) < 4.78 is 5.59. The number of nitrogens with zero attached hydrogens (tertiary/aromatic N) is 1. The molecule has 2 aromatic carbocycles. The predicted octanol–water partition coefficient (Wildman–Crippen LogP) is 3.87. The van der Waals surface area contributed by atoms with Crippen molar-refractivity contribution in [3.05, 3.63) is 59.7 Å². The van der Waals surface area contributed by atoms with E-state index in [1.807, 2.05) is 24.3 Å². The van der Waals surface area contributed by atoms with Crippen molar-refractivity contribution in [2.24, 2.45) is 11.8 Å². The molecule has 2 amide bonds. The highest BCUT2D eigenvalue weighted by Crippen LogP contribution is 2.44. The number of benzene rings is 2. The molecule has 2 aromatic rings. The minimum absolute atomic E-state index is 0.00453. The van der Waals surface area contributed by atoms with E-state index in [4.69, 9.17) is 4.74 Å². The van der Waals surface area contributed by atoms with Crippen LogP contribution in [0.3, 0.4) is 0 Å². The number of likely N-dealkylation sites (N-methyl/N-ethyl adjacent to an activating group) is 1. The van der Waals surface area contributed by atoms with Crippen LogP contribution in [0.1, 0.15) is 43.2 Å². The number of carboxylic acids is 1. The lowest BCUT2D eigenvalue weighted by Gasteiger charge is -2.27. The Morgan fingerprint density at radius 1 is 1.06 bits per heavy atom. The molecule has 3 unspecified atom stereocenters. The Hall–Kier alpha value is -3.35. The first-order valence-corrected chi connectivity index (χ1v) is 11.5. The average molecular weight is 451 g/mol. The summed E-state index contributed by atoms with van der Waals surface area (Å²) >= 11 is 0. The van der Waals surface area contributed by atoms with Gasteiger partial charge in [0, 0.05) is 25.4 Å². The summed E-state index contributed by atoms with van der Waals surface area (Å²) in [7, 11) is 1.52. The van der Waals surface area contributed by atoms with Crippen LogP contribution >= 0.6 is 0 Å². The first-order valence-electron chi connectivity index (χ1n) is 11.5. The molecular formula is C26H30N2O5. The van der Waals surface area contributed by atoms with Crippen LogP contribution in [-0.2, 0) is 14.3 Å². The topological polar surface area (TPSA) is 95.9 Å². The summed E-state index contributed by atoms with van der Waals surface area (Å²) in [4.78, 5) is 37.8. The standard InChI is InChI=1S/C26H30N2O5/c1-16(25(30)31)28(2)24(29)18-13-7-8-17(18)14-27-26(32)33-15-23-21-11-5-3-9-19(21)20-10-4-6-12-22(20)23/h3-6,9-12,16-18,23H,7-8,13-15H2,1-2H3,(H,27,32)(H,30,31). The van der Waals surface area contributed by atoms with Gasteiger partial charge in [-0.25, -0.2) is 9.59 Å². The molecule has 2 aliphatic rings. The van der Waals surface area contributed by atoms with Crippen molar-refractivity contribution in [2.75, 3.05) is 20.2 Å². The van der Waals surface area contributed by atoms with Crippen LogP contribution in [0.25, 0.3) is 11.1 Å². The highest BCUT2D eigenvalue weighted by Gasteiger charge is 2.37. The molecule has 3 atom stereocenters. The van der Waals surface area contributed by atoms with Crippen molar-refractivity contribution >= 4 is 18.0 Å². The van der Waals surface area contributed by atoms with Gasteiger partial charge in [0.2, 0.25) is 5.91 Å². The largest absolute Gasteiger partial charge is 0.480 e. The van der Waals surface area contributed by atoms with Crippen LogP contribution < -0.4 is 5.32 Å². The number of hydrogen-bond donors (Lipinski definition) is 2. The maximum absolute atomic E-state index is 12.8. The third kappa shape index (κ3) is 4.58. The summed E-state index contributed by atoms with van der Waals surface area (Å²) in [6.45, 7) is 2.08. The Morgan fingerprint density at radius 2 is 1.67 bits per heavy atom. The van der Waals surface area contributed by atoms with E-state index in [1.54, 1.807) is 0 Å². The van der Waals surface area contributed by atoms with E-state index in [0.29, 0.717) is 13.0 Å². The second kappa shape index (κ2) is 9.65. The fourth-order valence-electron chi connectivity index (χ4n) is 5.09. The van der Waals surface area contributed by atoms with E-state index in [-0.39, 0.29) is 30.3 Å². The first kappa shape index (κ1) is 22.8. The zero-order valence-corrected chi connectivity index (χ0v) is 19.0. The van der Waals surface area contributed by atoms with Crippen molar-refractivity contribution in [1.82, 2.24) is 10.2 Å². The molecule has 0 heterocycles. The highest BCUT2D eigenvalue weighted by atomic mass is 16.5. The number of hydrogen-bond acceptors (Lipinski definition) is 4. The van der Waals surface area contributed by atoms with Gasteiger partial charge < -0.3 is 20.1 Å². The van der Waals surface area contributed by atoms with Gasteiger partial charge in [0.05, 0.1) is 0 Å². The Balaban J connectivity index is 1.33. The molecule has 0 saturated heterocycles. The zero-order chi connectivity index (χ0) is 23.5. The van der Waals surface area contributed by atoms with Gasteiger partial charge in [-0.2, -0.15) is 0 Å². The quantitative estimate of drug-likeness (QED) is 0.668. The summed E-state index contributed by atoms with van der Waals surface area (Å²) in [5.74, 6) is -1.53. The maximum Gasteiger partial charge on any atom is 0.407 e. The van der Waals surface area contributed by atoms with E-state index >= 15 is 0 Å². The van der Waals surface area contributed by atoms with Crippen molar-refractivity contribution in [3.63, 3.8) is 0 Å². The highest BCUT2D eigenvalue weighted by molar-refractivity contribution is 5.85. The van der Waals surface area contributed by atoms with Crippen molar-refractivity contribution in [2.45, 2.75) is 38.1 Å². The van der Waals surface area contributed by atoms with Gasteiger partial charge in [-0.15, -0.1) is 0 Å². The summed E-state index contributed by atoms with van der Waals surface area (Å²) in [5.41, 5.74) is 4.66. The van der Waals surface area contributed by atoms with Gasteiger partial charge in [0.25, 0.3) is 0 Å². The Labute approximate surface area is 193 Å². The third-order valence-corrected chi connectivity index (χ3v) is 7.11. The molecular weight excluding hydrogens is 420 g/mol. The van der Waals surface area contributed by atoms with Gasteiger partial charge in [0.15, 0.2) is 0 Å². The lowest BCUT2D eigenvalue weighted by molar-refractivity contribution is -0.150. The van der Waals surface area contributed by atoms with E-state index < -0.39 is 18.1 Å². The molecule has 7 nitrogen and oxygen atoms in total. The number of ether oxygens (including phenoxy) is 1. The lowest BCUT2D eigenvalue weighted by atomic mass is 9.94. The molecule has 0 spiro atoms. The van der Waals surface area contributed by atoms with Gasteiger partial charge in [-0.3, -0.25) is 4.79 Å². The van der Waals surface area contributed by atoms with Crippen LogP contribution in [0, 0.1) is 11.8 Å². The number of carbonyl (C=O) groups excluding carboxylic acids is 2. The fourth-order valence-corrected chi connectivity index (χ4v) is 5.09. The number of rotatable bonds is 7. The minimum atomic E-state index is -1.03. The first-order chi connectivity index (χ1) is 15.9. The molecule has 4 rings (SSSR count). The smallest absolute Gasteiger partial charge is 0.407 e. The van der Waals surface area contributed by atoms with E-state index in [0.717, 1.165) is 24.0 Å². The van der Waals surface area contributed by atoms with Crippen LogP contribution in [-0.4, -0.2) is 54.2 Å². The molecule has 1 fully saturated rings. The van der Waals surface area contributed by atoms with Crippen LogP contribution in [0.15, 0.2) is 48.5 Å². The summed E-state index contributed by atoms with van der Waals surface area (Å²) in [6.07, 6.45) is 1.90. The molecule has 0 aromatic heterocycles. The SMILES string of the molecule is CC(C(=O)O)N(C)C(=O)C1CCCC1CNC(=O)OCC1c2ccccc2-c2ccccc21. The van der Waals surface area contributed by atoms with Crippen molar-refractivity contribution in [3.8, 4) is 11.1 Å². The second-order valence-electron chi connectivity index (χ2n) is 8.97. The van der Waals surface area contributed by atoms with Gasteiger partial charge in [0.1, 0.15) is 12.6 Å². The summed E-state index contributed by atoms with van der Waals surface area (Å²) in [5, 5.41) is 12.0. The van der Waals surface area contributed by atoms with Gasteiger partial charge in [-0.1, -0.05) is 55.0 Å². The number of alkyl carbamates (subject to hydrolysis) is 1. The monoisotopic (exact) mass is 450 g/mol. The molecule has 0 aliphatic heterocycles. The van der Waals surface area contributed by atoms with Crippen LogP contribution in [0.5, 0.6) is 0 Å². The van der Waals surface area contributed by atoms with E-state index in [2.05, 4.69) is 29.6 Å². The van der Waals surface area contributed by atoms with E-state index in [1.165, 1.54) is 30.0 Å². The minimum Gasteiger partial charge on any atom is -0.480 e. The summed E-state index contributed by atoms with van der Waals surface area (Å²) in [6, 6.07) is 15.5. The molecule has 0 bridgehead atoms.